The molecule has 0 bridgehead atoms. The average Bonchev–Trinajstić information content (AvgIpc) is 3.45. The molecule has 5 rings (SSSR count). The fourth-order valence-corrected chi connectivity index (χ4v) is 4.79. The first-order valence-corrected chi connectivity index (χ1v) is 12.5. The molecule has 7 heteroatoms. The van der Waals surface area contributed by atoms with Crippen molar-refractivity contribution >= 4 is 40.9 Å². The fraction of sp³-hybridized carbons (Fsp3) is 0.161. The van der Waals surface area contributed by atoms with Crippen molar-refractivity contribution in [2.45, 2.75) is 32.2 Å². The molecule has 1 radical (unpaired) electrons. The topological polar surface area (TPSA) is 69.1 Å². The summed E-state index contributed by atoms with van der Waals surface area (Å²) < 4.78 is 4.24. The molecule has 191 valence electrons. The van der Waals surface area contributed by atoms with Crippen molar-refractivity contribution in [3.05, 3.63) is 114 Å². The summed E-state index contributed by atoms with van der Waals surface area (Å²) in [6, 6.07) is 25.0. The second-order valence-corrected chi connectivity index (χ2v) is 9.51. The van der Waals surface area contributed by atoms with Gasteiger partial charge in [0, 0.05) is 66.1 Å². The van der Waals surface area contributed by atoms with Crippen molar-refractivity contribution in [1.82, 2.24) is 19.1 Å². The van der Waals surface area contributed by atoms with Gasteiger partial charge in [-0.05, 0) is 54.3 Å². The van der Waals surface area contributed by atoms with Gasteiger partial charge in [-0.25, -0.2) is 4.98 Å². The molecule has 2 aromatic heterocycles. The fourth-order valence-electron chi connectivity index (χ4n) is 4.50. The van der Waals surface area contributed by atoms with Gasteiger partial charge in [0.15, 0.2) is 0 Å². The summed E-state index contributed by atoms with van der Waals surface area (Å²) in [6.07, 6.45) is 7.50. The van der Waals surface area contributed by atoms with Crippen molar-refractivity contribution in [3.63, 3.8) is 0 Å². The molecule has 0 aliphatic rings. The molecule has 3 aromatic carbocycles. The third-order valence-electron chi connectivity index (χ3n) is 6.63. The predicted octanol–water partition coefficient (Wildman–Crippen LogP) is 8.27. The Balaban J connectivity index is 0.00000200. The Bertz CT molecular complexity index is 1610. The van der Waals surface area contributed by atoms with Crippen LogP contribution in [0.25, 0.3) is 45.5 Å². The Morgan fingerprint density at radius 2 is 1.63 bits per heavy atom. The molecule has 0 unspecified atom stereocenters. The zero-order valence-corrected chi connectivity index (χ0v) is 26.8. The minimum atomic E-state index is 0. The monoisotopic (exact) mass is 646 g/mol. The number of thiol groups is 1. The second-order valence-electron chi connectivity index (χ2n) is 9.03. The molecular formula is C31H31N5PrS-2. The number of rotatable bonds is 6. The summed E-state index contributed by atoms with van der Waals surface area (Å²) in [7, 11) is 2.06. The van der Waals surface area contributed by atoms with Crippen LogP contribution in [-0.4, -0.2) is 19.1 Å². The number of aryl methyl sites for hydroxylation is 1. The van der Waals surface area contributed by atoms with Gasteiger partial charge in [0.1, 0.15) is 5.82 Å². The largest absolute Gasteiger partial charge is 0.693 e. The van der Waals surface area contributed by atoms with Crippen LogP contribution >= 0.6 is 12.6 Å². The van der Waals surface area contributed by atoms with E-state index in [2.05, 4.69) is 109 Å². The second kappa shape index (κ2) is 13.0. The van der Waals surface area contributed by atoms with E-state index < -0.39 is 0 Å². The summed E-state index contributed by atoms with van der Waals surface area (Å²) in [5.74, 6) is 0.947. The van der Waals surface area contributed by atoms with Crippen LogP contribution < -0.4 is 0 Å². The summed E-state index contributed by atoms with van der Waals surface area (Å²) in [5.41, 5.74) is 9.75. The molecule has 0 amide bonds. The van der Waals surface area contributed by atoms with E-state index in [0.29, 0.717) is 6.54 Å². The van der Waals surface area contributed by atoms with Crippen molar-refractivity contribution in [1.29, 1.82) is 0 Å². The van der Waals surface area contributed by atoms with E-state index >= 15 is 0 Å². The number of nitrogens with zero attached hydrogens (tertiary/aromatic N) is 4. The van der Waals surface area contributed by atoms with Crippen LogP contribution in [0.1, 0.15) is 43.5 Å². The molecule has 0 saturated heterocycles. The van der Waals surface area contributed by atoms with E-state index in [0.717, 1.165) is 55.4 Å². The van der Waals surface area contributed by atoms with Gasteiger partial charge < -0.3 is 20.3 Å². The molecular weight excluding hydrogens is 615 g/mol. The third kappa shape index (κ3) is 6.04. The Kier molecular flexibility index (Phi) is 10.3. The Morgan fingerprint density at radius 1 is 0.947 bits per heavy atom. The summed E-state index contributed by atoms with van der Waals surface area (Å²) in [6.45, 7) is 6.91. The van der Waals surface area contributed by atoms with Gasteiger partial charge in [0.2, 0.25) is 0 Å². The maximum atomic E-state index is 4.88. The van der Waals surface area contributed by atoms with Crippen molar-refractivity contribution < 1.29 is 41.3 Å². The Labute approximate surface area is 263 Å². The number of hydrogen-bond donors (Lipinski definition) is 1. The number of allylic oxidation sites excluding steroid dienone is 3. The summed E-state index contributed by atoms with van der Waals surface area (Å²) in [5, 5.41) is 0. The molecule has 2 heterocycles. The summed E-state index contributed by atoms with van der Waals surface area (Å²) in [4.78, 5) is 10.5. The van der Waals surface area contributed by atoms with Gasteiger partial charge in [0.25, 0.3) is 0 Å². The Hall–Kier alpha value is -2.51. The number of nitrogens with two attached hydrogens (primary N) is 1. The van der Waals surface area contributed by atoms with Crippen LogP contribution in [0.15, 0.2) is 83.8 Å². The number of benzene rings is 3. The molecule has 0 aliphatic carbocycles. The van der Waals surface area contributed by atoms with Crippen LogP contribution in [0.5, 0.6) is 0 Å². The quantitative estimate of drug-likeness (QED) is 0.149. The molecule has 0 saturated carbocycles. The van der Waals surface area contributed by atoms with Gasteiger partial charge in [-0.15, -0.1) is 12.6 Å². The normalized spacial score (nSPS) is 11.8. The molecule has 5 aromatic rings. The first-order chi connectivity index (χ1) is 17.5. The number of aromatic nitrogens is 4. The van der Waals surface area contributed by atoms with Gasteiger partial charge in [-0.1, -0.05) is 90.6 Å². The van der Waals surface area contributed by atoms with Crippen molar-refractivity contribution in [3.8, 4) is 11.1 Å². The molecule has 38 heavy (non-hydrogen) atoms. The van der Waals surface area contributed by atoms with Gasteiger partial charge >= 0.3 is 0 Å². The first-order valence-electron chi connectivity index (χ1n) is 12.0. The number of fused-ring (bicyclic) bond motifs is 1. The summed E-state index contributed by atoms with van der Waals surface area (Å²) >= 11 is 4.61. The molecule has 5 nitrogen and oxygen atoms in total. The smallest absolute Gasteiger partial charge is 0.135 e. The first kappa shape index (κ1) is 30.0. The molecule has 2 N–H and O–H groups in total. The maximum absolute atomic E-state index is 4.88. The minimum Gasteiger partial charge on any atom is -0.693 e. The zero-order chi connectivity index (χ0) is 25.2. The van der Waals surface area contributed by atoms with Gasteiger partial charge in [0.05, 0.1) is 11.0 Å². The molecule has 0 atom stereocenters. The van der Waals surface area contributed by atoms with E-state index in [-0.39, 0.29) is 47.4 Å². The van der Waals surface area contributed by atoms with E-state index in [1.807, 2.05) is 37.3 Å². The van der Waals surface area contributed by atoms with Crippen molar-refractivity contribution in [2.75, 3.05) is 0 Å². The van der Waals surface area contributed by atoms with Crippen LogP contribution in [0, 0.1) is 47.6 Å². The van der Waals surface area contributed by atoms with Crippen LogP contribution in [0.3, 0.4) is 0 Å². The van der Waals surface area contributed by atoms with E-state index in [4.69, 9.17) is 4.98 Å². The van der Waals surface area contributed by atoms with Gasteiger partial charge in [-0.2, -0.15) is 0 Å². The van der Waals surface area contributed by atoms with Crippen LogP contribution in [-0.2, 0) is 13.6 Å². The Morgan fingerprint density at radius 3 is 2.32 bits per heavy atom. The van der Waals surface area contributed by atoms with E-state index in [1.54, 1.807) is 0 Å². The SMILES string of the molecule is C/C=C(/C)c1n[c-]n(Cc2ccc(-c3ccccc3S)cc2)c1/C=C(\C)c1nc2ccccc2n1C.[NH2-].[Pr]. The number of imidazole rings is 2. The molecule has 0 fully saturated rings. The molecule has 0 spiro atoms. The average molecular weight is 647 g/mol. The maximum Gasteiger partial charge on any atom is 0.135 e. The zero-order valence-electron chi connectivity index (χ0n) is 22.2. The third-order valence-corrected chi connectivity index (χ3v) is 7.02. The standard InChI is InChI=1S/C31H29N4S.H2N.Pr/c1-5-21(2)30-28(18-22(3)31-33-26-11-7-8-12-27(26)34(31)4)35(20-32-30)19-23-14-16-24(17-15-23)25-10-6-9-13-29(25)36;;/h5-18,36H,19H2,1-4H3;1H2;/q2*-1;/b21-5-,22-18+;;. The van der Waals surface area contributed by atoms with E-state index in [1.165, 1.54) is 5.56 Å². The number of para-hydroxylation sites is 2. The van der Waals surface area contributed by atoms with Crippen molar-refractivity contribution in [2.24, 2.45) is 7.05 Å². The van der Waals surface area contributed by atoms with E-state index in [9.17, 15) is 0 Å². The van der Waals surface area contributed by atoms with Gasteiger partial charge in [-0.3, -0.25) is 0 Å². The minimum absolute atomic E-state index is 0. The molecule has 0 aliphatic heterocycles. The predicted molar refractivity (Wildman–Crippen MR) is 158 cm³/mol. The van der Waals surface area contributed by atoms with Crippen LogP contribution in [0.4, 0.5) is 0 Å². The van der Waals surface area contributed by atoms with Crippen LogP contribution in [0.2, 0.25) is 0 Å². The number of hydrogen-bond acceptors (Lipinski definition) is 3.